The number of fused-ring (bicyclic) bond motifs is 2. The van der Waals surface area contributed by atoms with Crippen molar-refractivity contribution in [2.75, 3.05) is 10.6 Å². The van der Waals surface area contributed by atoms with Crippen molar-refractivity contribution >= 4 is 35.4 Å². The fourth-order valence-electron chi connectivity index (χ4n) is 3.25. The Hall–Kier alpha value is -2.34. The summed E-state index contributed by atoms with van der Waals surface area (Å²) in [5.41, 5.74) is 2.63. The topological polar surface area (TPSA) is 71.3 Å². The van der Waals surface area contributed by atoms with Gasteiger partial charge < -0.3 is 10.6 Å². The standard InChI is InChI=1S/C16H16ClN5O/c1-2-5-22-15-11(7-20-22)14(18-8-19-15)13-10-6-9(17)3-4-12(10)21-16(13)23/h3-4,6-8,13-14H,2,5H2,1H3,(H,18,19)(H,21,23). The second kappa shape index (κ2) is 5.38. The van der Waals surface area contributed by atoms with Crippen LogP contribution in [0, 0.1) is 0 Å². The minimum atomic E-state index is -0.389. The van der Waals surface area contributed by atoms with Gasteiger partial charge in [0, 0.05) is 22.8 Å². The maximum absolute atomic E-state index is 12.5. The van der Waals surface area contributed by atoms with Gasteiger partial charge in [-0.25, -0.2) is 4.68 Å². The number of carbonyl (C=O) groups is 1. The molecule has 2 aliphatic rings. The molecule has 0 spiro atoms. The molecule has 0 bridgehead atoms. The van der Waals surface area contributed by atoms with Gasteiger partial charge in [-0.3, -0.25) is 9.79 Å². The van der Waals surface area contributed by atoms with Gasteiger partial charge in [0.05, 0.1) is 24.5 Å². The predicted octanol–water partition coefficient (Wildman–Crippen LogP) is 3.18. The first kappa shape index (κ1) is 14.3. The van der Waals surface area contributed by atoms with Crippen molar-refractivity contribution in [1.29, 1.82) is 0 Å². The Bertz CT molecular complexity index is 813. The Morgan fingerprint density at radius 3 is 3.04 bits per heavy atom. The molecule has 2 aliphatic heterocycles. The highest BCUT2D eigenvalue weighted by Gasteiger charge is 2.40. The lowest BCUT2D eigenvalue weighted by molar-refractivity contribution is -0.117. The molecule has 2 aromatic rings. The van der Waals surface area contributed by atoms with E-state index in [4.69, 9.17) is 11.6 Å². The third kappa shape index (κ3) is 2.21. The van der Waals surface area contributed by atoms with E-state index in [2.05, 4.69) is 27.6 Å². The van der Waals surface area contributed by atoms with E-state index in [1.54, 1.807) is 18.6 Å². The first-order valence-corrected chi connectivity index (χ1v) is 8.01. The van der Waals surface area contributed by atoms with Crippen molar-refractivity contribution in [1.82, 2.24) is 9.78 Å². The minimum absolute atomic E-state index is 0.0551. The Morgan fingerprint density at radius 1 is 1.35 bits per heavy atom. The van der Waals surface area contributed by atoms with E-state index in [1.165, 1.54) is 0 Å². The van der Waals surface area contributed by atoms with Crippen LogP contribution in [-0.2, 0) is 11.3 Å². The monoisotopic (exact) mass is 329 g/mol. The van der Waals surface area contributed by atoms with Crippen LogP contribution in [0.2, 0.25) is 5.02 Å². The van der Waals surface area contributed by atoms with E-state index in [9.17, 15) is 4.79 Å². The number of carbonyl (C=O) groups excluding carboxylic acids is 1. The van der Waals surface area contributed by atoms with Gasteiger partial charge in [0.1, 0.15) is 5.82 Å². The quantitative estimate of drug-likeness (QED) is 0.908. The van der Waals surface area contributed by atoms with Crippen LogP contribution in [0.5, 0.6) is 0 Å². The van der Waals surface area contributed by atoms with Gasteiger partial charge in [0.2, 0.25) is 5.91 Å². The molecule has 4 rings (SSSR count). The van der Waals surface area contributed by atoms with Crippen molar-refractivity contribution in [2.45, 2.75) is 31.8 Å². The number of nitrogens with one attached hydrogen (secondary N) is 2. The van der Waals surface area contributed by atoms with Gasteiger partial charge >= 0.3 is 0 Å². The van der Waals surface area contributed by atoms with E-state index in [0.717, 1.165) is 35.6 Å². The fourth-order valence-corrected chi connectivity index (χ4v) is 3.43. The van der Waals surface area contributed by atoms with E-state index >= 15 is 0 Å². The van der Waals surface area contributed by atoms with Crippen LogP contribution in [-0.4, -0.2) is 22.0 Å². The number of hydrogen-bond donors (Lipinski definition) is 2. The number of nitrogens with zero attached hydrogens (tertiary/aromatic N) is 3. The molecule has 0 saturated carbocycles. The number of anilines is 2. The third-order valence-corrected chi connectivity index (χ3v) is 4.50. The first-order chi connectivity index (χ1) is 11.2. The molecule has 2 atom stereocenters. The molecule has 7 heteroatoms. The van der Waals surface area contributed by atoms with Crippen LogP contribution in [0.4, 0.5) is 11.5 Å². The predicted molar refractivity (Wildman–Crippen MR) is 90.2 cm³/mol. The average molecular weight is 330 g/mol. The molecular weight excluding hydrogens is 314 g/mol. The molecule has 1 amide bonds. The number of hydrogen-bond acceptors (Lipinski definition) is 4. The number of halogens is 1. The van der Waals surface area contributed by atoms with Crippen LogP contribution in [0.25, 0.3) is 0 Å². The average Bonchev–Trinajstić information content (AvgIpc) is 3.08. The summed E-state index contributed by atoms with van der Waals surface area (Å²) in [5, 5.41) is 11.1. The maximum Gasteiger partial charge on any atom is 0.234 e. The number of benzene rings is 1. The molecule has 0 saturated heterocycles. The lowest BCUT2D eigenvalue weighted by atomic mass is 9.89. The van der Waals surface area contributed by atoms with Crippen molar-refractivity contribution in [3.63, 3.8) is 0 Å². The summed E-state index contributed by atoms with van der Waals surface area (Å²) in [6, 6.07) is 5.16. The molecule has 3 heterocycles. The molecule has 2 unspecified atom stereocenters. The zero-order chi connectivity index (χ0) is 16.0. The van der Waals surface area contributed by atoms with Crippen LogP contribution in [0.15, 0.2) is 29.4 Å². The number of aryl methyl sites for hydroxylation is 1. The van der Waals surface area contributed by atoms with E-state index in [0.29, 0.717) is 5.02 Å². The SMILES string of the molecule is CCCn1ncc2c1NC=NC2C1C(=O)Nc2ccc(Cl)cc21. The van der Waals surface area contributed by atoms with Crippen LogP contribution < -0.4 is 10.6 Å². The number of aliphatic imine (C=N–C) groups is 1. The second-order valence-electron chi connectivity index (χ2n) is 5.74. The lowest BCUT2D eigenvalue weighted by Crippen LogP contribution is -2.22. The third-order valence-electron chi connectivity index (χ3n) is 4.26. The van der Waals surface area contributed by atoms with Gasteiger partial charge in [-0.1, -0.05) is 18.5 Å². The normalized spacial score (nSPS) is 21.6. The Labute approximate surface area is 138 Å². The molecule has 6 nitrogen and oxygen atoms in total. The smallest absolute Gasteiger partial charge is 0.234 e. The largest absolute Gasteiger partial charge is 0.331 e. The highest BCUT2D eigenvalue weighted by molar-refractivity contribution is 6.31. The summed E-state index contributed by atoms with van der Waals surface area (Å²) >= 11 is 6.11. The minimum Gasteiger partial charge on any atom is -0.331 e. The second-order valence-corrected chi connectivity index (χ2v) is 6.17. The Kier molecular flexibility index (Phi) is 3.34. The van der Waals surface area contributed by atoms with Crippen molar-refractivity contribution in [3.05, 3.63) is 40.5 Å². The Balaban J connectivity index is 1.78. The summed E-state index contributed by atoms with van der Waals surface area (Å²) in [5.74, 6) is 0.468. The molecular formula is C16H16ClN5O. The van der Waals surface area contributed by atoms with E-state index < -0.39 is 0 Å². The fraction of sp³-hybridized carbons (Fsp3) is 0.312. The van der Waals surface area contributed by atoms with Gasteiger partial charge in [0.15, 0.2) is 0 Å². The number of rotatable bonds is 3. The van der Waals surface area contributed by atoms with Gasteiger partial charge in [-0.15, -0.1) is 0 Å². The molecule has 1 aromatic carbocycles. The maximum atomic E-state index is 12.5. The summed E-state index contributed by atoms with van der Waals surface area (Å²) < 4.78 is 1.92. The van der Waals surface area contributed by atoms with E-state index in [1.807, 2.05) is 16.8 Å². The molecule has 1 aromatic heterocycles. The summed E-state index contributed by atoms with van der Waals surface area (Å²) in [4.78, 5) is 17.0. The van der Waals surface area contributed by atoms with Gasteiger partial charge in [-0.05, 0) is 30.2 Å². The Morgan fingerprint density at radius 2 is 2.22 bits per heavy atom. The molecule has 118 valence electrons. The van der Waals surface area contributed by atoms with Crippen LogP contribution in [0.3, 0.4) is 0 Å². The van der Waals surface area contributed by atoms with E-state index in [-0.39, 0.29) is 17.9 Å². The molecule has 0 aliphatic carbocycles. The van der Waals surface area contributed by atoms with Crippen molar-refractivity contribution in [3.8, 4) is 0 Å². The highest BCUT2D eigenvalue weighted by atomic mass is 35.5. The lowest BCUT2D eigenvalue weighted by Gasteiger charge is -2.23. The van der Waals surface area contributed by atoms with Crippen LogP contribution >= 0.6 is 11.6 Å². The van der Waals surface area contributed by atoms with Gasteiger partial charge in [0.25, 0.3) is 0 Å². The zero-order valence-corrected chi connectivity index (χ0v) is 13.3. The zero-order valence-electron chi connectivity index (χ0n) is 12.6. The molecule has 0 radical (unpaired) electrons. The molecule has 23 heavy (non-hydrogen) atoms. The van der Waals surface area contributed by atoms with Gasteiger partial charge in [-0.2, -0.15) is 5.10 Å². The number of amides is 1. The van der Waals surface area contributed by atoms with Crippen molar-refractivity contribution in [2.24, 2.45) is 4.99 Å². The first-order valence-electron chi connectivity index (χ1n) is 7.63. The molecule has 0 fully saturated rings. The summed E-state index contributed by atoms with van der Waals surface area (Å²) in [6.45, 7) is 2.92. The molecule has 2 N–H and O–H groups in total. The summed E-state index contributed by atoms with van der Waals surface area (Å²) in [6.07, 6.45) is 4.44. The van der Waals surface area contributed by atoms with Crippen LogP contribution in [0.1, 0.15) is 36.4 Å². The highest BCUT2D eigenvalue weighted by Crippen LogP contribution is 2.45. The summed E-state index contributed by atoms with van der Waals surface area (Å²) in [7, 11) is 0. The van der Waals surface area contributed by atoms with Crippen molar-refractivity contribution < 1.29 is 4.79 Å². The number of aromatic nitrogens is 2.